The van der Waals surface area contributed by atoms with E-state index < -0.39 is 5.97 Å². The first-order valence-electron chi connectivity index (χ1n) is 6.00. The Hall–Kier alpha value is -1.20. The van der Waals surface area contributed by atoms with Crippen molar-refractivity contribution in [3.63, 3.8) is 0 Å². The van der Waals surface area contributed by atoms with Gasteiger partial charge in [0.05, 0.1) is 0 Å². The van der Waals surface area contributed by atoms with Crippen molar-refractivity contribution in [2.24, 2.45) is 0 Å². The molecule has 1 saturated heterocycles. The highest BCUT2D eigenvalue weighted by Crippen LogP contribution is 2.16. The Bertz CT molecular complexity index is 385. The van der Waals surface area contributed by atoms with Gasteiger partial charge in [0.1, 0.15) is 18.4 Å². The normalized spacial score (nSPS) is 20.6. The molecule has 0 saturated carbocycles. The van der Waals surface area contributed by atoms with Crippen molar-refractivity contribution in [3.05, 3.63) is 30.3 Å². The summed E-state index contributed by atoms with van der Waals surface area (Å²) in [5.74, 6) is 1.76. The summed E-state index contributed by atoms with van der Waals surface area (Å²) in [5.41, 5.74) is 0. The molecule has 0 aliphatic carbocycles. The molecule has 0 bridgehead atoms. The molecule has 1 unspecified atom stereocenters. The quantitative estimate of drug-likeness (QED) is 0.877. The van der Waals surface area contributed by atoms with Crippen LogP contribution in [0.4, 0.5) is 0 Å². The molecule has 1 heterocycles. The van der Waals surface area contributed by atoms with Crippen LogP contribution in [0.15, 0.2) is 30.3 Å². The van der Waals surface area contributed by atoms with E-state index >= 15 is 0 Å². The molecule has 1 aliphatic rings. The van der Waals surface area contributed by atoms with E-state index in [9.17, 15) is 4.79 Å². The monoisotopic (exact) mass is 267 g/mol. The minimum Gasteiger partial charge on any atom is -0.492 e. The average Bonchev–Trinajstić information content (AvgIpc) is 2.40. The zero-order valence-electron chi connectivity index (χ0n) is 10.1. The van der Waals surface area contributed by atoms with Crippen LogP contribution in [0.25, 0.3) is 0 Å². The molecular weight excluding hydrogens is 250 g/mol. The van der Waals surface area contributed by atoms with Crippen LogP contribution in [-0.2, 0) is 4.79 Å². The van der Waals surface area contributed by atoms with E-state index in [1.165, 1.54) is 0 Å². The Kier molecular flexibility index (Phi) is 4.90. The van der Waals surface area contributed by atoms with Gasteiger partial charge in [-0.2, -0.15) is 11.8 Å². The molecule has 1 aromatic carbocycles. The fraction of sp³-hybridized carbons (Fsp3) is 0.462. The molecule has 0 amide bonds. The van der Waals surface area contributed by atoms with Gasteiger partial charge in [-0.15, -0.1) is 0 Å². The summed E-state index contributed by atoms with van der Waals surface area (Å²) in [5, 5.41) is 9.13. The number of rotatable bonds is 5. The van der Waals surface area contributed by atoms with Crippen LogP contribution in [0.1, 0.15) is 0 Å². The smallest absolute Gasteiger partial charge is 0.321 e. The first-order valence-corrected chi connectivity index (χ1v) is 7.15. The van der Waals surface area contributed by atoms with Gasteiger partial charge in [0.25, 0.3) is 0 Å². The van der Waals surface area contributed by atoms with Crippen LogP contribution in [0, 0.1) is 0 Å². The van der Waals surface area contributed by atoms with Gasteiger partial charge in [0.2, 0.25) is 0 Å². The maximum atomic E-state index is 11.1. The zero-order valence-corrected chi connectivity index (χ0v) is 10.9. The Morgan fingerprint density at radius 3 is 2.94 bits per heavy atom. The predicted octanol–water partition coefficient (Wildman–Crippen LogP) is 1.57. The molecule has 0 radical (unpaired) electrons. The third-order valence-corrected chi connectivity index (χ3v) is 3.94. The zero-order chi connectivity index (χ0) is 12.8. The Morgan fingerprint density at radius 1 is 1.44 bits per heavy atom. The largest absolute Gasteiger partial charge is 0.492 e. The highest BCUT2D eigenvalue weighted by atomic mass is 32.2. The van der Waals surface area contributed by atoms with Gasteiger partial charge in [0, 0.05) is 24.6 Å². The van der Waals surface area contributed by atoms with Gasteiger partial charge in [0.15, 0.2) is 0 Å². The van der Waals surface area contributed by atoms with Crippen LogP contribution < -0.4 is 4.74 Å². The Morgan fingerprint density at radius 2 is 2.22 bits per heavy atom. The number of para-hydroxylation sites is 1. The van der Waals surface area contributed by atoms with Crippen LogP contribution in [0.5, 0.6) is 5.75 Å². The number of thioether (sulfide) groups is 1. The molecule has 4 nitrogen and oxygen atoms in total. The summed E-state index contributed by atoms with van der Waals surface area (Å²) in [4.78, 5) is 13.1. The lowest BCUT2D eigenvalue weighted by Gasteiger charge is -2.32. The van der Waals surface area contributed by atoms with Gasteiger partial charge < -0.3 is 9.84 Å². The lowest BCUT2D eigenvalue weighted by molar-refractivity contribution is -0.142. The van der Waals surface area contributed by atoms with Crippen LogP contribution in [0.3, 0.4) is 0 Å². The second-order valence-electron chi connectivity index (χ2n) is 4.13. The highest BCUT2D eigenvalue weighted by Gasteiger charge is 2.28. The summed E-state index contributed by atoms with van der Waals surface area (Å²) >= 11 is 1.70. The molecule has 1 aromatic rings. The molecule has 2 rings (SSSR count). The van der Waals surface area contributed by atoms with Crippen molar-refractivity contribution in [3.8, 4) is 5.75 Å². The van der Waals surface area contributed by atoms with E-state index in [2.05, 4.69) is 0 Å². The number of hydrogen-bond acceptors (Lipinski definition) is 4. The van der Waals surface area contributed by atoms with E-state index in [0.29, 0.717) is 18.9 Å². The maximum Gasteiger partial charge on any atom is 0.321 e. The van der Waals surface area contributed by atoms with Gasteiger partial charge in [-0.3, -0.25) is 9.69 Å². The summed E-state index contributed by atoms with van der Waals surface area (Å²) < 4.78 is 5.60. The van der Waals surface area contributed by atoms with Gasteiger partial charge in [-0.25, -0.2) is 0 Å². The molecular formula is C13H17NO3S. The van der Waals surface area contributed by atoms with Crippen molar-refractivity contribution in [2.45, 2.75) is 6.04 Å². The third kappa shape index (κ3) is 3.65. The van der Waals surface area contributed by atoms with Crippen LogP contribution >= 0.6 is 11.8 Å². The molecule has 1 N–H and O–H groups in total. The van der Waals surface area contributed by atoms with E-state index in [4.69, 9.17) is 9.84 Å². The van der Waals surface area contributed by atoms with E-state index in [0.717, 1.165) is 18.0 Å². The third-order valence-electron chi connectivity index (χ3n) is 2.91. The molecule has 0 spiro atoms. The summed E-state index contributed by atoms with van der Waals surface area (Å²) in [6.45, 7) is 2.00. The fourth-order valence-corrected chi connectivity index (χ4v) is 3.04. The van der Waals surface area contributed by atoms with E-state index in [-0.39, 0.29) is 6.04 Å². The minimum atomic E-state index is -0.734. The molecule has 1 fully saturated rings. The van der Waals surface area contributed by atoms with Crippen molar-refractivity contribution in [1.29, 1.82) is 0 Å². The number of aliphatic carboxylic acids is 1. The summed E-state index contributed by atoms with van der Waals surface area (Å²) in [6.07, 6.45) is 0. The van der Waals surface area contributed by atoms with Crippen molar-refractivity contribution < 1.29 is 14.6 Å². The predicted molar refractivity (Wildman–Crippen MR) is 72.3 cm³/mol. The first kappa shape index (κ1) is 13.2. The SMILES string of the molecule is O=C(O)C1CSCCN1CCOc1ccccc1. The lowest BCUT2D eigenvalue weighted by Crippen LogP contribution is -2.48. The molecule has 0 aromatic heterocycles. The van der Waals surface area contributed by atoms with E-state index in [1.54, 1.807) is 11.8 Å². The first-order chi connectivity index (χ1) is 8.77. The maximum absolute atomic E-state index is 11.1. The number of nitrogens with zero attached hydrogens (tertiary/aromatic N) is 1. The number of benzene rings is 1. The van der Waals surface area contributed by atoms with Gasteiger partial charge >= 0.3 is 5.97 Å². The molecule has 18 heavy (non-hydrogen) atoms. The fourth-order valence-electron chi connectivity index (χ4n) is 1.93. The number of carboxylic acid groups (broad SMARTS) is 1. The van der Waals surface area contributed by atoms with Crippen molar-refractivity contribution in [1.82, 2.24) is 4.90 Å². The number of carbonyl (C=O) groups is 1. The van der Waals surface area contributed by atoms with Crippen molar-refractivity contribution in [2.75, 3.05) is 31.2 Å². The highest BCUT2D eigenvalue weighted by molar-refractivity contribution is 7.99. The molecule has 5 heteroatoms. The Balaban J connectivity index is 1.79. The van der Waals surface area contributed by atoms with Crippen LogP contribution in [-0.4, -0.2) is 53.2 Å². The Labute approximate surface area is 111 Å². The topological polar surface area (TPSA) is 49.8 Å². The number of hydrogen-bond donors (Lipinski definition) is 1. The lowest BCUT2D eigenvalue weighted by atomic mass is 10.2. The number of ether oxygens (including phenoxy) is 1. The average molecular weight is 267 g/mol. The minimum absolute atomic E-state index is 0.372. The van der Waals surface area contributed by atoms with Crippen molar-refractivity contribution >= 4 is 17.7 Å². The summed E-state index contributed by atoms with van der Waals surface area (Å²) in [7, 11) is 0. The van der Waals surface area contributed by atoms with Gasteiger partial charge in [-0.05, 0) is 12.1 Å². The standard InChI is InChI=1S/C13H17NO3S/c15-13(16)12-10-18-9-7-14(12)6-8-17-11-4-2-1-3-5-11/h1-5,12H,6-10H2,(H,15,16). The molecule has 1 atom stereocenters. The second-order valence-corrected chi connectivity index (χ2v) is 5.28. The molecule has 98 valence electrons. The second kappa shape index (κ2) is 6.66. The van der Waals surface area contributed by atoms with Gasteiger partial charge in [-0.1, -0.05) is 18.2 Å². The van der Waals surface area contributed by atoms with E-state index in [1.807, 2.05) is 35.2 Å². The van der Waals surface area contributed by atoms with Crippen LogP contribution in [0.2, 0.25) is 0 Å². The number of carboxylic acids is 1. The summed E-state index contributed by atoms with van der Waals surface area (Å²) in [6, 6.07) is 9.22. The molecule has 1 aliphatic heterocycles.